The maximum Gasteiger partial charge on any atom is 0.347 e. The van der Waals surface area contributed by atoms with Crippen molar-refractivity contribution < 1.29 is 23.5 Å². The normalized spacial score (nSPS) is 13.5. The van der Waals surface area contributed by atoms with Gasteiger partial charge in [0.05, 0.1) is 23.7 Å². The largest absolute Gasteiger partial charge is 0.479 e. The summed E-state index contributed by atoms with van der Waals surface area (Å²) in [5, 5.41) is 5.66. The van der Waals surface area contributed by atoms with Crippen molar-refractivity contribution in [3.63, 3.8) is 0 Å². The van der Waals surface area contributed by atoms with E-state index < -0.39 is 23.9 Å². The highest BCUT2D eigenvalue weighted by Crippen LogP contribution is 2.36. The molecule has 230 valence electrons. The van der Waals surface area contributed by atoms with Crippen molar-refractivity contribution in [2.24, 2.45) is 5.92 Å². The van der Waals surface area contributed by atoms with E-state index in [0.29, 0.717) is 23.4 Å². The quantitative estimate of drug-likeness (QED) is 0.268. The molecule has 2 N–H and O–H groups in total. The highest BCUT2D eigenvalue weighted by atomic mass is 35.5. The number of esters is 1. The van der Waals surface area contributed by atoms with Gasteiger partial charge in [0.25, 0.3) is 0 Å². The van der Waals surface area contributed by atoms with Crippen LogP contribution in [-0.2, 0) is 9.53 Å². The van der Waals surface area contributed by atoms with Crippen LogP contribution >= 0.6 is 11.6 Å². The molecule has 2 amide bonds. The van der Waals surface area contributed by atoms with Gasteiger partial charge in [-0.25, -0.2) is 14.0 Å². The molecule has 0 bridgehead atoms. The first kappa shape index (κ1) is 36.0. The fourth-order valence-electron chi connectivity index (χ4n) is 4.55. The number of rotatable bonds is 10. The number of nitrogens with one attached hydrogen (secondary N) is 2. The highest BCUT2D eigenvalue weighted by molar-refractivity contribution is 6.30. The monoisotopic (exact) mass is 593 g/mol. The van der Waals surface area contributed by atoms with E-state index in [9.17, 15) is 14.0 Å². The SMILES string of the molecule is CC.CC.CCOC(=O)C(C)Oc1ccc(N(CC(C)C)C2CCCCC2)c(NC(=O)Nc2ccc(Cl)cc2F)c1. The summed E-state index contributed by atoms with van der Waals surface area (Å²) in [6.45, 7) is 16.7. The maximum absolute atomic E-state index is 14.3. The van der Waals surface area contributed by atoms with Crippen LogP contribution in [0.15, 0.2) is 36.4 Å². The molecular weight excluding hydrogens is 545 g/mol. The van der Waals surface area contributed by atoms with Gasteiger partial charge in [0.1, 0.15) is 11.6 Å². The van der Waals surface area contributed by atoms with Crippen molar-refractivity contribution in [1.29, 1.82) is 0 Å². The van der Waals surface area contributed by atoms with Crippen molar-refractivity contribution in [3.8, 4) is 5.75 Å². The minimum absolute atomic E-state index is 0.0121. The second-order valence-electron chi connectivity index (χ2n) is 9.73. The van der Waals surface area contributed by atoms with E-state index in [1.807, 2.05) is 33.8 Å². The van der Waals surface area contributed by atoms with E-state index in [4.69, 9.17) is 21.1 Å². The number of hydrogen-bond donors (Lipinski definition) is 2. The number of benzene rings is 2. The molecule has 0 heterocycles. The molecule has 0 saturated heterocycles. The number of halogens is 2. The summed E-state index contributed by atoms with van der Waals surface area (Å²) in [5.41, 5.74) is 1.37. The van der Waals surface area contributed by atoms with Crippen molar-refractivity contribution in [3.05, 3.63) is 47.2 Å². The van der Waals surface area contributed by atoms with E-state index in [1.165, 1.54) is 18.6 Å². The number of ether oxygens (including phenoxy) is 2. The summed E-state index contributed by atoms with van der Waals surface area (Å²) < 4.78 is 25.2. The van der Waals surface area contributed by atoms with Crippen molar-refractivity contribution in [2.75, 3.05) is 28.7 Å². The first-order valence-electron chi connectivity index (χ1n) is 14.9. The van der Waals surface area contributed by atoms with Gasteiger partial charge in [-0.2, -0.15) is 0 Å². The zero-order valence-corrected chi connectivity index (χ0v) is 26.7. The average Bonchev–Trinajstić information content (AvgIpc) is 2.96. The topological polar surface area (TPSA) is 79.9 Å². The molecule has 1 aliphatic carbocycles. The Bertz CT molecular complexity index is 1080. The Balaban J connectivity index is 0.00000201. The summed E-state index contributed by atoms with van der Waals surface area (Å²) >= 11 is 5.83. The van der Waals surface area contributed by atoms with Gasteiger partial charge in [-0.3, -0.25) is 0 Å². The Hall–Kier alpha value is -3.00. The van der Waals surface area contributed by atoms with Crippen LogP contribution in [0.5, 0.6) is 5.75 Å². The van der Waals surface area contributed by atoms with Crippen LogP contribution in [0.4, 0.5) is 26.2 Å². The summed E-state index contributed by atoms with van der Waals surface area (Å²) in [6, 6.07) is 9.19. The second-order valence-corrected chi connectivity index (χ2v) is 10.2. The number of nitrogens with zero attached hydrogens (tertiary/aromatic N) is 1. The van der Waals surface area contributed by atoms with E-state index in [-0.39, 0.29) is 17.3 Å². The molecule has 0 aliphatic heterocycles. The summed E-state index contributed by atoms with van der Waals surface area (Å²) in [4.78, 5) is 27.4. The zero-order valence-electron chi connectivity index (χ0n) is 26.0. The van der Waals surface area contributed by atoms with Gasteiger partial charge in [0, 0.05) is 23.7 Å². The molecule has 41 heavy (non-hydrogen) atoms. The molecule has 2 aromatic rings. The predicted molar refractivity (Wildman–Crippen MR) is 169 cm³/mol. The minimum atomic E-state index is -0.819. The van der Waals surface area contributed by atoms with Gasteiger partial charge < -0.3 is 25.0 Å². The van der Waals surface area contributed by atoms with Crippen molar-refractivity contribution in [2.45, 2.75) is 99.6 Å². The van der Waals surface area contributed by atoms with E-state index in [0.717, 1.165) is 44.0 Å². The Kier molecular flexibility index (Phi) is 16.9. The van der Waals surface area contributed by atoms with Gasteiger partial charge in [-0.05, 0) is 62.9 Å². The molecule has 1 atom stereocenters. The molecule has 1 saturated carbocycles. The Morgan fingerprint density at radius 2 is 1.61 bits per heavy atom. The molecule has 9 heteroatoms. The lowest BCUT2D eigenvalue weighted by Gasteiger charge is -2.38. The van der Waals surface area contributed by atoms with Crippen LogP contribution in [0.3, 0.4) is 0 Å². The summed E-state index contributed by atoms with van der Waals surface area (Å²) in [5.74, 6) is -0.301. The molecule has 0 radical (unpaired) electrons. The second kappa shape index (κ2) is 19.2. The van der Waals surface area contributed by atoms with Gasteiger partial charge in [0.2, 0.25) is 0 Å². The molecule has 7 nitrogen and oxygen atoms in total. The predicted octanol–water partition coefficient (Wildman–Crippen LogP) is 9.30. The number of urea groups is 1. The number of amides is 2. The lowest BCUT2D eigenvalue weighted by Crippen LogP contribution is -2.40. The van der Waals surface area contributed by atoms with Crippen molar-refractivity contribution >= 4 is 40.7 Å². The third kappa shape index (κ3) is 11.8. The maximum atomic E-state index is 14.3. The average molecular weight is 594 g/mol. The van der Waals surface area contributed by atoms with E-state index >= 15 is 0 Å². The van der Waals surface area contributed by atoms with Crippen LogP contribution in [0, 0.1) is 11.7 Å². The van der Waals surface area contributed by atoms with Gasteiger partial charge in [0.15, 0.2) is 6.10 Å². The van der Waals surface area contributed by atoms with Gasteiger partial charge in [-0.1, -0.05) is 72.4 Å². The Morgan fingerprint density at radius 3 is 2.20 bits per heavy atom. The first-order chi connectivity index (χ1) is 19.7. The molecule has 1 unspecified atom stereocenters. The smallest absolute Gasteiger partial charge is 0.347 e. The number of hydrogen-bond acceptors (Lipinski definition) is 5. The number of carbonyl (C=O) groups is 2. The molecule has 2 aromatic carbocycles. The summed E-state index contributed by atoms with van der Waals surface area (Å²) in [7, 11) is 0. The lowest BCUT2D eigenvalue weighted by molar-refractivity contribution is -0.150. The van der Waals surface area contributed by atoms with Crippen LogP contribution in [0.25, 0.3) is 0 Å². The standard InChI is InChI=1S/C28H37ClFN3O4.2C2H6/c1-5-36-27(34)19(4)37-22-12-14-26(33(17-18(2)3)21-9-7-6-8-10-21)25(16-22)32-28(35)31-24-13-11-20(29)15-23(24)30;2*1-2/h11-16,18-19,21H,5-10,17H2,1-4H3,(H2,31,32,35);2*1-2H3. The van der Waals surface area contributed by atoms with Crippen LogP contribution in [-0.4, -0.2) is 37.3 Å². The lowest BCUT2D eigenvalue weighted by atomic mass is 9.93. The molecule has 1 fully saturated rings. The molecule has 0 spiro atoms. The minimum Gasteiger partial charge on any atom is -0.479 e. The number of anilines is 3. The fraction of sp³-hybridized carbons (Fsp3) is 0.562. The highest BCUT2D eigenvalue weighted by Gasteiger charge is 2.26. The Morgan fingerprint density at radius 1 is 0.976 bits per heavy atom. The third-order valence-electron chi connectivity index (χ3n) is 6.21. The van der Waals surface area contributed by atoms with Crippen LogP contribution < -0.4 is 20.3 Å². The molecule has 1 aliphatic rings. The van der Waals surface area contributed by atoms with Gasteiger partial charge >= 0.3 is 12.0 Å². The van der Waals surface area contributed by atoms with Gasteiger partial charge in [-0.15, -0.1) is 0 Å². The van der Waals surface area contributed by atoms with Crippen LogP contribution in [0.2, 0.25) is 5.02 Å². The molecule has 0 aromatic heterocycles. The Labute approximate surface area is 251 Å². The number of carbonyl (C=O) groups excluding carboxylic acids is 2. The van der Waals surface area contributed by atoms with Crippen LogP contribution in [0.1, 0.15) is 87.5 Å². The third-order valence-corrected chi connectivity index (χ3v) is 6.45. The fourth-order valence-corrected chi connectivity index (χ4v) is 4.71. The first-order valence-corrected chi connectivity index (χ1v) is 15.3. The van der Waals surface area contributed by atoms with Crippen molar-refractivity contribution in [1.82, 2.24) is 0 Å². The molecular formula is C32H49ClFN3O4. The van der Waals surface area contributed by atoms with E-state index in [2.05, 4.69) is 29.4 Å². The summed E-state index contributed by atoms with van der Waals surface area (Å²) in [6.07, 6.45) is 4.89. The zero-order chi connectivity index (χ0) is 30.9. The van der Waals surface area contributed by atoms with E-state index in [1.54, 1.807) is 26.0 Å². The molecule has 3 rings (SSSR count).